The van der Waals surface area contributed by atoms with Crippen LogP contribution in [-0.2, 0) is 0 Å². The third-order valence-corrected chi connectivity index (χ3v) is 3.00. The van der Waals surface area contributed by atoms with Crippen molar-refractivity contribution in [2.75, 3.05) is 5.32 Å². The van der Waals surface area contributed by atoms with Gasteiger partial charge in [0.2, 0.25) is 5.82 Å². The monoisotopic (exact) mass is 265 g/mol. The Bertz CT molecular complexity index is 611. The van der Waals surface area contributed by atoms with E-state index in [0.29, 0.717) is 0 Å². The van der Waals surface area contributed by atoms with Gasteiger partial charge in [-0.3, -0.25) is 10.1 Å². The number of carboxylic acids is 1. The summed E-state index contributed by atoms with van der Waals surface area (Å²) in [7, 11) is 0. The van der Waals surface area contributed by atoms with Crippen LogP contribution in [0.25, 0.3) is 0 Å². The minimum absolute atomic E-state index is 0.0170. The van der Waals surface area contributed by atoms with Gasteiger partial charge in [-0.05, 0) is 17.5 Å². The number of hydrogen-bond acceptors (Lipinski definition) is 6. The van der Waals surface area contributed by atoms with Crippen LogP contribution in [-0.4, -0.2) is 21.0 Å². The lowest BCUT2D eigenvalue weighted by atomic mass is 10.3. The fourth-order valence-corrected chi connectivity index (χ4v) is 2.03. The Labute approximate surface area is 105 Å². The van der Waals surface area contributed by atoms with Crippen molar-refractivity contribution in [1.29, 1.82) is 0 Å². The number of hydrogen-bond donors (Lipinski definition) is 2. The summed E-state index contributed by atoms with van der Waals surface area (Å²) in [6, 6.07) is 4.27. The van der Waals surface area contributed by atoms with Gasteiger partial charge in [-0.1, -0.05) is 0 Å². The van der Waals surface area contributed by atoms with Crippen LogP contribution in [0.2, 0.25) is 0 Å². The van der Waals surface area contributed by atoms with E-state index in [4.69, 9.17) is 5.11 Å². The van der Waals surface area contributed by atoms with Crippen LogP contribution in [0, 0.1) is 10.1 Å². The Morgan fingerprint density at radius 2 is 2.28 bits per heavy atom. The van der Waals surface area contributed by atoms with Crippen molar-refractivity contribution >= 4 is 34.5 Å². The first kappa shape index (κ1) is 12.0. The highest BCUT2D eigenvalue weighted by Crippen LogP contribution is 2.29. The summed E-state index contributed by atoms with van der Waals surface area (Å²) in [4.78, 5) is 25.0. The molecule has 2 N–H and O–H groups in total. The van der Waals surface area contributed by atoms with Crippen molar-refractivity contribution in [2.24, 2.45) is 0 Å². The van der Waals surface area contributed by atoms with Crippen molar-refractivity contribution in [2.45, 2.75) is 0 Å². The highest BCUT2D eigenvalue weighted by atomic mass is 32.1. The third kappa shape index (κ3) is 2.28. The maximum absolute atomic E-state index is 10.9. The fraction of sp³-hybridized carbons (Fsp3) is 0. The predicted octanol–water partition coefficient (Wildman–Crippen LogP) is 2.49. The molecular formula is C10H7N3O4S. The van der Waals surface area contributed by atoms with Gasteiger partial charge in [-0.2, -0.15) is 0 Å². The number of aromatic nitrogens is 1. The van der Waals surface area contributed by atoms with Gasteiger partial charge in [-0.25, -0.2) is 9.78 Å². The molecule has 2 rings (SSSR count). The largest absolute Gasteiger partial charge is 0.477 e. The van der Waals surface area contributed by atoms with E-state index in [1.807, 2.05) is 0 Å². The lowest BCUT2D eigenvalue weighted by Crippen LogP contribution is -2.02. The summed E-state index contributed by atoms with van der Waals surface area (Å²) in [6.45, 7) is 0. The van der Waals surface area contributed by atoms with E-state index in [-0.39, 0.29) is 22.1 Å². The molecule has 0 atom stereocenters. The number of thiophene rings is 1. The fourth-order valence-electron chi connectivity index (χ4n) is 1.34. The molecule has 0 fully saturated rings. The second-order valence-corrected chi connectivity index (χ2v) is 4.14. The molecule has 0 aromatic carbocycles. The molecule has 2 heterocycles. The van der Waals surface area contributed by atoms with Crippen LogP contribution in [0.15, 0.2) is 29.8 Å². The number of anilines is 2. The number of nitrogens with zero attached hydrogens (tertiary/aromatic N) is 2. The van der Waals surface area contributed by atoms with E-state index in [1.54, 1.807) is 5.38 Å². The molecule has 7 nitrogen and oxygen atoms in total. The minimum Gasteiger partial charge on any atom is -0.477 e. The maximum atomic E-state index is 10.9. The van der Waals surface area contributed by atoms with Gasteiger partial charge in [0.15, 0.2) is 0 Å². The van der Waals surface area contributed by atoms with Gasteiger partial charge in [0.25, 0.3) is 0 Å². The molecule has 8 heteroatoms. The zero-order chi connectivity index (χ0) is 13.1. The zero-order valence-corrected chi connectivity index (χ0v) is 9.68. The molecule has 0 saturated heterocycles. The number of nitrogens with one attached hydrogen (secondary N) is 1. The first-order valence-corrected chi connectivity index (χ1v) is 5.65. The standard InChI is InChI=1S/C10H7N3O4S/c14-10(15)8-6(3-5-18-8)12-9-7(13(16)17)2-1-4-11-9/h1-5H,(H,11,12)(H,14,15). The summed E-state index contributed by atoms with van der Waals surface area (Å²) in [5.74, 6) is -1.07. The summed E-state index contributed by atoms with van der Waals surface area (Å²) in [5.41, 5.74) is 0.0781. The van der Waals surface area contributed by atoms with E-state index in [1.165, 1.54) is 24.4 Å². The van der Waals surface area contributed by atoms with Crippen LogP contribution < -0.4 is 5.32 Å². The summed E-state index contributed by atoms with van der Waals surface area (Å²) >= 11 is 1.03. The number of aromatic carboxylic acids is 1. The SMILES string of the molecule is O=C(O)c1sccc1Nc1ncccc1[N+](=O)[O-]. The molecule has 0 aliphatic rings. The second-order valence-electron chi connectivity index (χ2n) is 3.22. The molecule has 2 aromatic rings. The highest BCUT2D eigenvalue weighted by Gasteiger charge is 2.18. The van der Waals surface area contributed by atoms with Crippen LogP contribution in [0.1, 0.15) is 9.67 Å². The van der Waals surface area contributed by atoms with Crippen LogP contribution >= 0.6 is 11.3 Å². The van der Waals surface area contributed by atoms with Gasteiger partial charge in [-0.15, -0.1) is 11.3 Å². The molecule has 0 aliphatic heterocycles. The predicted molar refractivity (Wildman–Crippen MR) is 65.5 cm³/mol. The molecule has 0 spiro atoms. The molecule has 0 radical (unpaired) electrons. The van der Waals surface area contributed by atoms with Gasteiger partial charge in [0, 0.05) is 12.3 Å². The lowest BCUT2D eigenvalue weighted by molar-refractivity contribution is -0.384. The summed E-state index contributed by atoms with van der Waals surface area (Å²) in [5, 5.41) is 24.0. The second kappa shape index (κ2) is 4.80. The number of pyridine rings is 1. The van der Waals surface area contributed by atoms with Crippen molar-refractivity contribution in [3.8, 4) is 0 Å². The molecule has 0 saturated carbocycles. The molecule has 2 aromatic heterocycles. The van der Waals surface area contributed by atoms with Crippen molar-refractivity contribution in [3.63, 3.8) is 0 Å². The molecular weight excluding hydrogens is 258 g/mol. The Morgan fingerprint density at radius 1 is 1.50 bits per heavy atom. The molecule has 92 valence electrons. The molecule has 0 aliphatic carbocycles. The Balaban J connectivity index is 2.37. The van der Waals surface area contributed by atoms with Gasteiger partial charge >= 0.3 is 11.7 Å². The zero-order valence-electron chi connectivity index (χ0n) is 8.86. The van der Waals surface area contributed by atoms with Crippen molar-refractivity contribution in [1.82, 2.24) is 4.98 Å². The van der Waals surface area contributed by atoms with Crippen molar-refractivity contribution < 1.29 is 14.8 Å². The number of rotatable bonds is 4. The lowest BCUT2D eigenvalue weighted by Gasteiger charge is -2.04. The molecule has 0 unspecified atom stereocenters. The smallest absolute Gasteiger partial charge is 0.348 e. The number of nitro groups is 1. The topological polar surface area (TPSA) is 105 Å². The van der Waals surface area contributed by atoms with Crippen LogP contribution in [0.4, 0.5) is 17.2 Å². The highest BCUT2D eigenvalue weighted by molar-refractivity contribution is 7.12. The van der Waals surface area contributed by atoms with E-state index in [2.05, 4.69) is 10.3 Å². The molecule has 18 heavy (non-hydrogen) atoms. The first-order valence-electron chi connectivity index (χ1n) is 4.77. The van der Waals surface area contributed by atoms with Gasteiger partial charge in [0.1, 0.15) is 4.88 Å². The number of carboxylic acid groups (broad SMARTS) is 1. The quantitative estimate of drug-likeness (QED) is 0.649. The van der Waals surface area contributed by atoms with Crippen LogP contribution in [0.3, 0.4) is 0 Å². The summed E-state index contributed by atoms with van der Waals surface area (Å²) in [6.07, 6.45) is 1.39. The van der Waals surface area contributed by atoms with E-state index < -0.39 is 10.9 Å². The summed E-state index contributed by atoms with van der Waals surface area (Å²) < 4.78 is 0. The van der Waals surface area contributed by atoms with Crippen LogP contribution in [0.5, 0.6) is 0 Å². The normalized spacial score (nSPS) is 10.0. The average molecular weight is 265 g/mol. The Kier molecular flexibility index (Phi) is 3.20. The van der Waals surface area contributed by atoms with E-state index in [0.717, 1.165) is 11.3 Å². The first-order chi connectivity index (χ1) is 8.59. The molecule has 0 amide bonds. The Morgan fingerprint density at radius 3 is 2.94 bits per heavy atom. The number of carbonyl (C=O) groups is 1. The third-order valence-electron chi connectivity index (χ3n) is 2.10. The van der Waals surface area contributed by atoms with Crippen molar-refractivity contribution in [3.05, 3.63) is 44.8 Å². The van der Waals surface area contributed by atoms with Gasteiger partial charge < -0.3 is 10.4 Å². The van der Waals surface area contributed by atoms with E-state index in [9.17, 15) is 14.9 Å². The van der Waals surface area contributed by atoms with E-state index >= 15 is 0 Å². The molecule has 0 bridgehead atoms. The minimum atomic E-state index is -1.09. The average Bonchev–Trinajstić information content (AvgIpc) is 2.77. The maximum Gasteiger partial charge on any atom is 0.348 e. The van der Waals surface area contributed by atoms with Gasteiger partial charge in [0.05, 0.1) is 10.6 Å². The Hall–Kier alpha value is -2.48.